The Morgan fingerprint density at radius 3 is 2.74 bits per heavy atom. The fraction of sp³-hybridized carbons (Fsp3) is 0.174. The predicted molar refractivity (Wildman–Crippen MR) is 124 cm³/mol. The average molecular weight is 490 g/mol. The van der Waals surface area contributed by atoms with Crippen molar-refractivity contribution >= 4 is 45.5 Å². The van der Waals surface area contributed by atoms with Crippen LogP contribution in [0, 0.1) is 17.1 Å². The van der Waals surface area contributed by atoms with Crippen molar-refractivity contribution in [3.63, 3.8) is 0 Å². The van der Waals surface area contributed by atoms with Gasteiger partial charge in [-0.15, -0.1) is 0 Å². The predicted octanol–water partition coefficient (Wildman–Crippen LogP) is 5.30. The van der Waals surface area contributed by atoms with Crippen LogP contribution in [0.25, 0.3) is 10.9 Å². The molecule has 0 fully saturated rings. The molecular weight excluding hydrogens is 471 g/mol. The molecule has 176 valence electrons. The number of carbonyl (C=O) groups is 1. The first-order chi connectivity index (χ1) is 16.2. The van der Waals surface area contributed by atoms with E-state index in [9.17, 15) is 23.2 Å². The largest absolute Gasteiger partial charge is 0.433 e. The van der Waals surface area contributed by atoms with Crippen molar-refractivity contribution in [2.75, 3.05) is 31.3 Å². The average Bonchev–Trinajstić information content (AvgIpc) is 2.76. The van der Waals surface area contributed by atoms with Crippen molar-refractivity contribution in [1.29, 1.82) is 5.26 Å². The van der Waals surface area contributed by atoms with Crippen LogP contribution in [-0.2, 0) is 4.79 Å². The Bertz CT molecular complexity index is 1290. The summed E-state index contributed by atoms with van der Waals surface area (Å²) in [7, 11) is 3.64. The molecule has 3 aromatic rings. The maximum Gasteiger partial charge on any atom is 0.387 e. The van der Waals surface area contributed by atoms with Gasteiger partial charge in [-0.2, -0.15) is 14.0 Å². The first kappa shape index (κ1) is 24.8. The lowest BCUT2D eigenvalue weighted by atomic mass is 10.1. The molecule has 0 unspecified atom stereocenters. The number of aromatic nitrogens is 1. The molecule has 1 heterocycles. The van der Waals surface area contributed by atoms with Crippen LogP contribution < -0.4 is 15.4 Å². The molecule has 0 radical (unpaired) electrons. The van der Waals surface area contributed by atoms with Crippen molar-refractivity contribution < 1.29 is 22.7 Å². The number of likely N-dealkylation sites (N-methyl/N-ethyl adjacent to an activating group) is 1. The summed E-state index contributed by atoms with van der Waals surface area (Å²) in [6.07, 6.45) is 4.12. The van der Waals surface area contributed by atoms with Crippen LogP contribution in [0.1, 0.15) is 5.56 Å². The molecule has 34 heavy (non-hydrogen) atoms. The number of nitrogens with one attached hydrogen (secondary N) is 2. The molecule has 2 N–H and O–H groups in total. The minimum atomic E-state index is -3.14. The van der Waals surface area contributed by atoms with E-state index in [4.69, 9.17) is 11.6 Å². The van der Waals surface area contributed by atoms with E-state index >= 15 is 0 Å². The molecule has 1 aromatic heterocycles. The zero-order chi connectivity index (χ0) is 24.8. The highest BCUT2D eigenvalue weighted by Gasteiger charge is 2.17. The summed E-state index contributed by atoms with van der Waals surface area (Å²) in [4.78, 5) is 18.3. The van der Waals surface area contributed by atoms with Gasteiger partial charge < -0.3 is 20.3 Å². The van der Waals surface area contributed by atoms with E-state index in [-0.39, 0.29) is 33.2 Å². The molecule has 0 spiro atoms. The van der Waals surface area contributed by atoms with Gasteiger partial charge in [0, 0.05) is 36.0 Å². The summed E-state index contributed by atoms with van der Waals surface area (Å²) in [5.41, 5.74) is 0.924. The molecule has 0 saturated heterocycles. The van der Waals surface area contributed by atoms with Crippen LogP contribution in [0.3, 0.4) is 0 Å². The number of alkyl halides is 2. The third-order valence-electron chi connectivity index (χ3n) is 4.49. The topological polar surface area (TPSA) is 90.3 Å². The third kappa shape index (κ3) is 6.15. The fourth-order valence-electron chi connectivity index (χ4n) is 2.99. The number of anilines is 3. The number of fused-ring (bicyclic) bond motifs is 1. The van der Waals surface area contributed by atoms with Crippen molar-refractivity contribution in [1.82, 2.24) is 9.88 Å². The fourth-order valence-corrected chi connectivity index (χ4v) is 3.17. The van der Waals surface area contributed by atoms with Gasteiger partial charge in [-0.1, -0.05) is 17.7 Å². The molecule has 3 rings (SSSR count). The quantitative estimate of drug-likeness (QED) is 0.417. The number of nitrogens with zero attached hydrogens (tertiary/aromatic N) is 3. The van der Waals surface area contributed by atoms with Gasteiger partial charge in [-0.05, 0) is 38.4 Å². The molecule has 1 amide bonds. The molecule has 0 aliphatic rings. The number of benzene rings is 2. The van der Waals surface area contributed by atoms with E-state index in [2.05, 4.69) is 20.4 Å². The number of hydrogen-bond acceptors (Lipinski definition) is 6. The number of ether oxygens (including phenoxy) is 1. The van der Waals surface area contributed by atoms with Crippen LogP contribution >= 0.6 is 11.6 Å². The first-order valence-electron chi connectivity index (χ1n) is 9.84. The second-order valence-electron chi connectivity index (χ2n) is 7.31. The van der Waals surface area contributed by atoms with E-state index in [1.54, 1.807) is 6.08 Å². The van der Waals surface area contributed by atoms with Gasteiger partial charge in [0.05, 0.1) is 27.5 Å². The standard InChI is InChI=1S/C23H19ClF3N5O2/c1-32(2)7-3-4-21(33)31-19-9-15-18(10-20(19)34-23(26)27)29-12-13(11-28)22(15)30-14-5-6-17(25)16(24)8-14/h3-6,8-10,12,23H,7H2,1-2H3,(H,29,30)(H,31,33)/b4-3+. The van der Waals surface area contributed by atoms with Gasteiger partial charge in [0.1, 0.15) is 11.9 Å². The Balaban J connectivity index is 2.09. The van der Waals surface area contributed by atoms with Crippen LogP contribution in [-0.4, -0.2) is 43.0 Å². The summed E-state index contributed by atoms with van der Waals surface area (Å²) in [5, 5.41) is 15.3. The number of amides is 1. The Kier molecular flexibility index (Phi) is 7.94. The maximum atomic E-state index is 13.5. The van der Waals surface area contributed by atoms with Gasteiger partial charge >= 0.3 is 6.61 Å². The van der Waals surface area contributed by atoms with Crippen LogP contribution in [0.2, 0.25) is 5.02 Å². The monoisotopic (exact) mass is 489 g/mol. The molecule has 7 nitrogen and oxygen atoms in total. The Hall–Kier alpha value is -3.81. The van der Waals surface area contributed by atoms with E-state index < -0.39 is 18.3 Å². The van der Waals surface area contributed by atoms with Crippen molar-refractivity contribution in [3.05, 3.63) is 65.1 Å². The lowest BCUT2D eigenvalue weighted by Crippen LogP contribution is -2.14. The molecule has 0 bridgehead atoms. The molecule has 2 aromatic carbocycles. The highest BCUT2D eigenvalue weighted by Crippen LogP contribution is 2.37. The number of hydrogen-bond donors (Lipinski definition) is 2. The SMILES string of the molecule is CN(C)C/C=C/C(=O)Nc1cc2c(Nc3ccc(F)c(Cl)c3)c(C#N)cnc2cc1OC(F)F. The maximum absolute atomic E-state index is 13.5. The summed E-state index contributed by atoms with van der Waals surface area (Å²) in [6.45, 7) is -2.65. The number of halogens is 4. The van der Waals surface area contributed by atoms with Crippen molar-refractivity contribution in [2.24, 2.45) is 0 Å². The summed E-state index contributed by atoms with van der Waals surface area (Å²) in [6, 6.07) is 8.49. The number of nitriles is 1. The normalized spacial score (nSPS) is 11.3. The Morgan fingerprint density at radius 2 is 2.09 bits per heavy atom. The lowest BCUT2D eigenvalue weighted by molar-refractivity contribution is -0.112. The van der Waals surface area contributed by atoms with Gasteiger partial charge in [-0.3, -0.25) is 9.78 Å². The van der Waals surface area contributed by atoms with E-state index in [0.29, 0.717) is 17.6 Å². The van der Waals surface area contributed by atoms with E-state index in [1.807, 2.05) is 25.1 Å². The molecule has 0 aliphatic heterocycles. The minimum absolute atomic E-state index is 0.0515. The van der Waals surface area contributed by atoms with Gasteiger partial charge in [0.2, 0.25) is 5.91 Å². The zero-order valence-electron chi connectivity index (χ0n) is 18.1. The first-order valence-corrected chi connectivity index (χ1v) is 10.2. The Labute approximate surface area is 198 Å². The number of pyridine rings is 1. The van der Waals surface area contributed by atoms with Crippen LogP contribution in [0.4, 0.5) is 30.2 Å². The van der Waals surface area contributed by atoms with Crippen LogP contribution in [0.5, 0.6) is 5.75 Å². The summed E-state index contributed by atoms with van der Waals surface area (Å²) in [5.74, 6) is -1.48. The molecule has 0 saturated carbocycles. The van der Waals surface area contributed by atoms with Crippen molar-refractivity contribution in [3.8, 4) is 11.8 Å². The second kappa shape index (κ2) is 10.9. The second-order valence-corrected chi connectivity index (χ2v) is 7.72. The molecule has 0 aliphatic carbocycles. The number of carbonyl (C=O) groups excluding carboxylic acids is 1. The van der Waals surface area contributed by atoms with E-state index in [1.165, 1.54) is 36.5 Å². The van der Waals surface area contributed by atoms with E-state index in [0.717, 1.165) is 6.07 Å². The van der Waals surface area contributed by atoms with Gasteiger partial charge in [-0.25, -0.2) is 4.39 Å². The van der Waals surface area contributed by atoms with Crippen LogP contribution in [0.15, 0.2) is 48.7 Å². The third-order valence-corrected chi connectivity index (χ3v) is 4.78. The molecular formula is C23H19ClF3N5O2. The molecule has 11 heteroatoms. The number of rotatable bonds is 8. The highest BCUT2D eigenvalue weighted by molar-refractivity contribution is 6.31. The van der Waals surface area contributed by atoms with Gasteiger partial charge in [0.15, 0.2) is 5.75 Å². The minimum Gasteiger partial charge on any atom is -0.433 e. The Morgan fingerprint density at radius 1 is 1.32 bits per heavy atom. The summed E-state index contributed by atoms with van der Waals surface area (Å²) < 4.78 is 44.1. The lowest BCUT2D eigenvalue weighted by Gasteiger charge is -2.16. The highest BCUT2D eigenvalue weighted by atomic mass is 35.5. The van der Waals surface area contributed by atoms with Crippen molar-refractivity contribution in [2.45, 2.75) is 6.61 Å². The summed E-state index contributed by atoms with van der Waals surface area (Å²) >= 11 is 5.85. The smallest absolute Gasteiger partial charge is 0.387 e. The molecule has 0 atom stereocenters. The zero-order valence-corrected chi connectivity index (χ0v) is 18.8. The van der Waals surface area contributed by atoms with Gasteiger partial charge in [0.25, 0.3) is 0 Å².